The van der Waals surface area contributed by atoms with Gasteiger partial charge in [-0.25, -0.2) is 4.98 Å². The predicted octanol–water partition coefficient (Wildman–Crippen LogP) is 5.11. The van der Waals surface area contributed by atoms with Crippen LogP contribution in [0.15, 0.2) is 30.3 Å². The fourth-order valence-corrected chi connectivity index (χ4v) is 5.80. The van der Waals surface area contributed by atoms with E-state index in [1.165, 1.54) is 34.7 Å². The summed E-state index contributed by atoms with van der Waals surface area (Å²) in [6, 6.07) is 11.1. The van der Waals surface area contributed by atoms with Gasteiger partial charge in [0, 0.05) is 35.5 Å². The van der Waals surface area contributed by atoms with Crippen molar-refractivity contribution in [2.75, 3.05) is 19.6 Å². The number of carbonyl (C=O) groups is 1. The molecule has 0 radical (unpaired) electrons. The number of hydrogen-bond acceptors (Lipinski definition) is 4. The number of benzene rings is 1. The molecule has 3 aromatic rings. The maximum absolute atomic E-state index is 13.1. The number of likely N-dealkylation sites (tertiary alicyclic amines) is 1. The second kappa shape index (κ2) is 7.12. The largest absolute Gasteiger partial charge is 0.345 e. The number of hydrogen-bond donors (Lipinski definition) is 0. The van der Waals surface area contributed by atoms with Gasteiger partial charge in [-0.1, -0.05) is 12.1 Å². The summed E-state index contributed by atoms with van der Waals surface area (Å²) in [6.45, 7) is 6.71. The van der Waals surface area contributed by atoms with Crippen molar-refractivity contribution in [2.45, 2.75) is 51.5 Å². The number of thiazole rings is 1. The number of fused-ring (bicyclic) bond motifs is 1. The molecular weight excluding hydrogens is 366 g/mol. The van der Waals surface area contributed by atoms with E-state index in [-0.39, 0.29) is 5.78 Å². The number of Topliss-reactive ketones (excluding diaryl/α,β-unsaturated/α-hetero) is 1. The molecule has 1 saturated carbocycles. The summed E-state index contributed by atoms with van der Waals surface area (Å²) in [4.78, 5) is 20.3. The molecule has 0 spiro atoms. The Hall–Kier alpha value is -1.98. The van der Waals surface area contributed by atoms with Crippen molar-refractivity contribution < 1.29 is 4.79 Å². The highest BCUT2D eigenvalue weighted by molar-refractivity contribution is 7.18. The summed E-state index contributed by atoms with van der Waals surface area (Å²) in [5.74, 6) is 0.711. The molecule has 28 heavy (non-hydrogen) atoms. The van der Waals surface area contributed by atoms with Crippen molar-refractivity contribution in [1.82, 2.24) is 14.5 Å². The lowest BCUT2D eigenvalue weighted by molar-refractivity contribution is 0.0906. The van der Waals surface area contributed by atoms with E-state index in [0.717, 1.165) is 36.3 Å². The number of carbonyl (C=O) groups excluding carboxylic acids is 1. The van der Waals surface area contributed by atoms with Gasteiger partial charge in [0.25, 0.3) is 0 Å². The van der Waals surface area contributed by atoms with Crippen LogP contribution in [0.1, 0.15) is 64.4 Å². The Morgan fingerprint density at radius 1 is 1.21 bits per heavy atom. The van der Waals surface area contributed by atoms with Gasteiger partial charge in [-0.05, 0) is 64.3 Å². The topological polar surface area (TPSA) is 38.1 Å². The molecular formula is C23H27N3OS. The smallest absolute Gasteiger partial charge is 0.178 e. The molecule has 2 fully saturated rings. The zero-order valence-electron chi connectivity index (χ0n) is 16.6. The van der Waals surface area contributed by atoms with Crippen LogP contribution in [0, 0.1) is 13.8 Å². The number of piperidine rings is 1. The molecule has 0 N–H and O–H groups in total. The quantitative estimate of drug-likeness (QED) is 0.565. The Kier molecular flexibility index (Phi) is 4.60. The Morgan fingerprint density at radius 3 is 2.82 bits per heavy atom. The Bertz CT molecular complexity index is 997. The Labute approximate surface area is 170 Å². The number of ketones is 1. The van der Waals surface area contributed by atoms with E-state index < -0.39 is 0 Å². The van der Waals surface area contributed by atoms with Crippen LogP contribution < -0.4 is 0 Å². The number of aryl methyl sites for hydroxylation is 1. The van der Waals surface area contributed by atoms with Crippen molar-refractivity contribution in [1.29, 1.82) is 0 Å². The highest BCUT2D eigenvalue weighted by Gasteiger charge is 2.30. The molecule has 5 rings (SSSR count). The lowest BCUT2D eigenvalue weighted by Crippen LogP contribution is -2.38. The van der Waals surface area contributed by atoms with Gasteiger partial charge >= 0.3 is 0 Å². The van der Waals surface area contributed by atoms with Gasteiger partial charge < -0.3 is 4.57 Å². The molecule has 2 aliphatic rings. The number of rotatable bonds is 5. The lowest BCUT2D eigenvalue weighted by Gasteiger charge is -2.31. The average molecular weight is 394 g/mol. The third-order valence-corrected chi connectivity index (χ3v) is 7.43. The van der Waals surface area contributed by atoms with E-state index in [2.05, 4.69) is 53.6 Å². The minimum Gasteiger partial charge on any atom is -0.345 e. The Balaban J connectivity index is 1.30. The van der Waals surface area contributed by atoms with Crippen LogP contribution >= 0.6 is 11.3 Å². The van der Waals surface area contributed by atoms with Crippen LogP contribution in [0.25, 0.3) is 10.2 Å². The molecule has 1 aliphatic heterocycles. The second-order valence-corrected chi connectivity index (χ2v) is 9.47. The zero-order valence-corrected chi connectivity index (χ0v) is 17.5. The van der Waals surface area contributed by atoms with Gasteiger partial charge in [0.15, 0.2) is 5.78 Å². The third-order valence-electron chi connectivity index (χ3n) is 6.23. The normalized spacial score (nSPS) is 20.7. The SMILES string of the molecule is Cc1cc(C(=O)CN2CCC[C@H](c3nc4ccccc4s3)C2)c(C)n1C1CC1. The molecule has 3 heterocycles. The summed E-state index contributed by atoms with van der Waals surface area (Å²) < 4.78 is 3.63. The van der Waals surface area contributed by atoms with Crippen LogP contribution in [0.2, 0.25) is 0 Å². The minimum atomic E-state index is 0.268. The van der Waals surface area contributed by atoms with E-state index in [0.29, 0.717) is 18.5 Å². The summed E-state index contributed by atoms with van der Waals surface area (Å²) >= 11 is 1.81. The van der Waals surface area contributed by atoms with Crippen LogP contribution in [0.3, 0.4) is 0 Å². The van der Waals surface area contributed by atoms with Gasteiger partial charge in [0.2, 0.25) is 0 Å². The summed E-state index contributed by atoms with van der Waals surface area (Å²) in [7, 11) is 0. The molecule has 1 aromatic carbocycles. The van der Waals surface area contributed by atoms with E-state index in [1.54, 1.807) is 0 Å². The predicted molar refractivity (Wildman–Crippen MR) is 115 cm³/mol. The molecule has 0 unspecified atom stereocenters. The fourth-order valence-electron chi connectivity index (χ4n) is 4.71. The van der Waals surface area contributed by atoms with Gasteiger partial charge in [-0.15, -0.1) is 11.3 Å². The first kappa shape index (κ1) is 18.1. The fraction of sp³-hybridized carbons (Fsp3) is 0.478. The van der Waals surface area contributed by atoms with Gasteiger partial charge in [0.05, 0.1) is 21.8 Å². The molecule has 146 valence electrons. The third kappa shape index (κ3) is 3.31. The van der Waals surface area contributed by atoms with E-state index in [1.807, 2.05) is 11.3 Å². The molecule has 1 aliphatic carbocycles. The number of para-hydroxylation sites is 1. The van der Waals surface area contributed by atoms with Gasteiger partial charge in [0.1, 0.15) is 0 Å². The molecule has 2 aromatic heterocycles. The number of aromatic nitrogens is 2. The molecule has 0 amide bonds. The number of nitrogens with zero attached hydrogens (tertiary/aromatic N) is 3. The second-order valence-electron chi connectivity index (χ2n) is 8.40. The highest BCUT2D eigenvalue weighted by atomic mass is 32.1. The molecule has 5 heteroatoms. The van der Waals surface area contributed by atoms with Crippen molar-refractivity contribution in [2.24, 2.45) is 0 Å². The lowest BCUT2D eigenvalue weighted by atomic mass is 9.98. The van der Waals surface area contributed by atoms with E-state index in [9.17, 15) is 4.79 Å². The van der Waals surface area contributed by atoms with Crippen LogP contribution in [-0.4, -0.2) is 39.9 Å². The first-order valence-corrected chi connectivity index (χ1v) is 11.2. The van der Waals surface area contributed by atoms with Crippen LogP contribution in [0.5, 0.6) is 0 Å². The van der Waals surface area contributed by atoms with Crippen LogP contribution in [-0.2, 0) is 0 Å². The Morgan fingerprint density at radius 2 is 2.04 bits per heavy atom. The van der Waals surface area contributed by atoms with Crippen molar-refractivity contribution in [3.63, 3.8) is 0 Å². The zero-order chi connectivity index (χ0) is 19.3. The van der Waals surface area contributed by atoms with Crippen molar-refractivity contribution in [3.8, 4) is 0 Å². The van der Waals surface area contributed by atoms with Gasteiger partial charge in [-0.2, -0.15) is 0 Å². The van der Waals surface area contributed by atoms with E-state index in [4.69, 9.17) is 4.98 Å². The summed E-state index contributed by atoms with van der Waals surface area (Å²) in [5, 5.41) is 1.23. The maximum atomic E-state index is 13.1. The molecule has 1 atom stereocenters. The van der Waals surface area contributed by atoms with Crippen molar-refractivity contribution >= 4 is 27.3 Å². The average Bonchev–Trinajstić information content (AvgIpc) is 3.34. The maximum Gasteiger partial charge on any atom is 0.178 e. The van der Waals surface area contributed by atoms with Gasteiger partial charge in [-0.3, -0.25) is 9.69 Å². The minimum absolute atomic E-state index is 0.268. The monoisotopic (exact) mass is 393 g/mol. The summed E-state index contributed by atoms with van der Waals surface area (Å²) in [6.07, 6.45) is 4.80. The van der Waals surface area contributed by atoms with Crippen LogP contribution in [0.4, 0.5) is 0 Å². The highest BCUT2D eigenvalue weighted by Crippen LogP contribution is 2.38. The van der Waals surface area contributed by atoms with Crippen molar-refractivity contribution in [3.05, 3.63) is 52.3 Å². The summed E-state index contributed by atoms with van der Waals surface area (Å²) in [5.41, 5.74) is 4.41. The first-order valence-electron chi connectivity index (χ1n) is 10.4. The standard InChI is InChI=1S/C23H27N3OS/c1-15-12-19(16(2)26(15)18-9-10-18)21(27)14-25-11-5-6-17(13-25)23-24-20-7-3-4-8-22(20)28-23/h3-4,7-8,12,17-18H,5-6,9-11,13-14H2,1-2H3/t17-/m0/s1. The first-order chi connectivity index (χ1) is 13.6. The molecule has 0 bridgehead atoms. The molecule has 1 saturated heterocycles. The van der Waals surface area contributed by atoms with E-state index >= 15 is 0 Å². The molecule has 4 nitrogen and oxygen atoms in total.